The number of rotatable bonds is 7. The molecule has 1 unspecified atom stereocenters. The molecule has 5 N–H and O–H groups in total. The molecule has 0 bridgehead atoms. The average molecular weight is 516 g/mol. The van der Waals surface area contributed by atoms with Crippen LogP contribution in [0.3, 0.4) is 0 Å². The van der Waals surface area contributed by atoms with Gasteiger partial charge in [-0.25, -0.2) is 0 Å². The first-order valence-electron chi connectivity index (χ1n) is 10.5. The topological polar surface area (TPSA) is 141 Å². The van der Waals surface area contributed by atoms with Gasteiger partial charge in [-0.05, 0) is 62.1 Å². The van der Waals surface area contributed by atoms with Gasteiger partial charge in [-0.2, -0.15) is 4.37 Å². The predicted octanol–water partition coefficient (Wildman–Crippen LogP) is 3.79. The summed E-state index contributed by atoms with van der Waals surface area (Å²) in [6.07, 6.45) is 0. The number of amides is 3. The lowest BCUT2D eigenvalue weighted by Gasteiger charge is -2.33. The molecule has 3 rings (SSSR count). The SMILES string of the molecule is COc1cccc(N(C(=O)c2snc(C(N)=O)c2N)C(C(=O)NC(C)(C)C)c2ccc(Cl)cc2)c1. The van der Waals surface area contributed by atoms with Crippen LogP contribution in [0.5, 0.6) is 5.75 Å². The van der Waals surface area contributed by atoms with Crippen molar-refractivity contribution in [2.75, 3.05) is 17.7 Å². The van der Waals surface area contributed by atoms with Crippen molar-refractivity contribution < 1.29 is 19.1 Å². The molecule has 184 valence electrons. The van der Waals surface area contributed by atoms with Crippen LogP contribution in [0.2, 0.25) is 5.02 Å². The minimum Gasteiger partial charge on any atom is -0.497 e. The van der Waals surface area contributed by atoms with E-state index < -0.39 is 29.3 Å². The summed E-state index contributed by atoms with van der Waals surface area (Å²) in [5.41, 5.74) is 11.3. The summed E-state index contributed by atoms with van der Waals surface area (Å²) in [7, 11) is 1.49. The minimum absolute atomic E-state index is 0.0239. The fourth-order valence-electron chi connectivity index (χ4n) is 3.38. The van der Waals surface area contributed by atoms with E-state index >= 15 is 0 Å². The number of hydrogen-bond acceptors (Lipinski definition) is 7. The van der Waals surface area contributed by atoms with Crippen molar-refractivity contribution in [1.82, 2.24) is 9.69 Å². The lowest BCUT2D eigenvalue weighted by Crippen LogP contribution is -2.49. The molecule has 0 radical (unpaired) electrons. The maximum atomic E-state index is 14.0. The Hall–Kier alpha value is -3.63. The summed E-state index contributed by atoms with van der Waals surface area (Å²) in [6.45, 7) is 5.51. The third-order valence-electron chi connectivity index (χ3n) is 4.90. The van der Waals surface area contributed by atoms with E-state index in [0.717, 1.165) is 11.5 Å². The van der Waals surface area contributed by atoms with E-state index in [-0.39, 0.29) is 16.3 Å². The molecule has 1 heterocycles. The summed E-state index contributed by atoms with van der Waals surface area (Å²) in [5.74, 6) is -1.45. The number of anilines is 2. The van der Waals surface area contributed by atoms with Crippen LogP contribution >= 0.6 is 23.1 Å². The second-order valence-electron chi connectivity index (χ2n) is 8.71. The van der Waals surface area contributed by atoms with E-state index in [1.165, 1.54) is 12.0 Å². The molecule has 0 aliphatic carbocycles. The second-order valence-corrected chi connectivity index (χ2v) is 9.92. The van der Waals surface area contributed by atoms with Crippen LogP contribution in [0, 0.1) is 0 Å². The van der Waals surface area contributed by atoms with Crippen LogP contribution in [0.25, 0.3) is 0 Å². The number of halogens is 1. The van der Waals surface area contributed by atoms with Gasteiger partial charge in [0.15, 0.2) is 5.69 Å². The summed E-state index contributed by atoms with van der Waals surface area (Å²) < 4.78 is 9.29. The number of ether oxygens (including phenoxy) is 1. The van der Waals surface area contributed by atoms with Gasteiger partial charge in [0.05, 0.1) is 12.8 Å². The Bertz CT molecular complexity index is 1250. The van der Waals surface area contributed by atoms with E-state index in [4.69, 9.17) is 27.8 Å². The van der Waals surface area contributed by atoms with Crippen LogP contribution in [-0.2, 0) is 4.79 Å². The van der Waals surface area contributed by atoms with E-state index in [1.54, 1.807) is 48.5 Å². The highest BCUT2D eigenvalue weighted by Crippen LogP contribution is 2.35. The summed E-state index contributed by atoms with van der Waals surface area (Å²) >= 11 is 6.82. The fourth-order valence-corrected chi connectivity index (χ4v) is 4.25. The number of methoxy groups -OCH3 is 1. The van der Waals surface area contributed by atoms with Gasteiger partial charge in [0.1, 0.15) is 16.7 Å². The van der Waals surface area contributed by atoms with Crippen LogP contribution < -0.4 is 26.4 Å². The third-order valence-corrected chi connectivity index (χ3v) is 6.00. The van der Waals surface area contributed by atoms with Crippen molar-refractivity contribution in [3.05, 3.63) is 69.7 Å². The smallest absolute Gasteiger partial charge is 0.273 e. The van der Waals surface area contributed by atoms with Crippen LogP contribution in [0.4, 0.5) is 11.4 Å². The molecule has 0 saturated heterocycles. The molecular formula is C24H26ClN5O4S. The van der Waals surface area contributed by atoms with Gasteiger partial charge in [-0.15, -0.1) is 0 Å². The zero-order valence-corrected chi connectivity index (χ0v) is 21.2. The van der Waals surface area contributed by atoms with E-state index in [2.05, 4.69) is 9.69 Å². The van der Waals surface area contributed by atoms with Gasteiger partial charge in [-0.3, -0.25) is 19.3 Å². The largest absolute Gasteiger partial charge is 0.497 e. The number of hydrogen-bond donors (Lipinski definition) is 3. The van der Waals surface area contributed by atoms with Crippen LogP contribution in [-0.4, -0.2) is 34.7 Å². The predicted molar refractivity (Wildman–Crippen MR) is 137 cm³/mol. The molecule has 9 nitrogen and oxygen atoms in total. The van der Waals surface area contributed by atoms with E-state index in [0.29, 0.717) is 22.0 Å². The molecule has 0 aliphatic rings. The van der Waals surface area contributed by atoms with E-state index in [1.807, 2.05) is 20.8 Å². The molecule has 0 fully saturated rings. The maximum absolute atomic E-state index is 14.0. The zero-order valence-electron chi connectivity index (χ0n) is 19.7. The lowest BCUT2D eigenvalue weighted by atomic mass is 10.0. The summed E-state index contributed by atoms with van der Waals surface area (Å²) in [5, 5.41) is 3.41. The molecular weight excluding hydrogens is 490 g/mol. The molecule has 35 heavy (non-hydrogen) atoms. The van der Waals surface area contributed by atoms with Gasteiger partial charge in [0.2, 0.25) is 5.91 Å². The molecule has 2 aromatic carbocycles. The Morgan fingerprint density at radius 2 is 1.80 bits per heavy atom. The maximum Gasteiger partial charge on any atom is 0.273 e. The van der Waals surface area contributed by atoms with Gasteiger partial charge >= 0.3 is 0 Å². The summed E-state index contributed by atoms with van der Waals surface area (Å²) in [6, 6.07) is 12.2. The van der Waals surface area contributed by atoms with Crippen molar-refractivity contribution in [1.29, 1.82) is 0 Å². The van der Waals surface area contributed by atoms with Gasteiger partial charge in [0.25, 0.3) is 11.8 Å². The number of aromatic nitrogens is 1. The number of nitrogens with two attached hydrogens (primary N) is 2. The standard InChI is InChI=1S/C24H26ClN5O4S/c1-24(2,3)28-22(32)19(13-8-10-14(25)11-9-13)30(15-6-5-7-16(12-15)34-4)23(33)20-17(26)18(21(27)31)29-35-20/h5-12,19H,26H2,1-4H3,(H2,27,31)(H,28,32). The molecule has 1 aromatic heterocycles. The zero-order chi connectivity index (χ0) is 25.9. The first-order valence-corrected chi connectivity index (χ1v) is 11.7. The van der Waals surface area contributed by atoms with Crippen LogP contribution in [0.1, 0.15) is 52.5 Å². The molecule has 0 saturated carbocycles. The number of carbonyl (C=O) groups excluding carboxylic acids is 3. The highest BCUT2D eigenvalue weighted by atomic mass is 35.5. The van der Waals surface area contributed by atoms with Crippen molar-refractivity contribution in [3.8, 4) is 5.75 Å². The monoisotopic (exact) mass is 515 g/mol. The number of nitrogen functional groups attached to an aromatic ring is 1. The highest BCUT2D eigenvalue weighted by Gasteiger charge is 2.37. The van der Waals surface area contributed by atoms with Crippen molar-refractivity contribution in [2.45, 2.75) is 32.4 Å². The number of benzene rings is 2. The number of nitrogens with one attached hydrogen (secondary N) is 1. The fraction of sp³-hybridized carbons (Fsp3) is 0.250. The Kier molecular flexibility index (Phi) is 7.67. The second kappa shape index (κ2) is 10.3. The van der Waals surface area contributed by atoms with Crippen LogP contribution in [0.15, 0.2) is 48.5 Å². The normalized spacial score (nSPS) is 12.0. The van der Waals surface area contributed by atoms with Gasteiger partial charge in [-0.1, -0.05) is 29.8 Å². The first-order chi connectivity index (χ1) is 16.4. The lowest BCUT2D eigenvalue weighted by molar-refractivity contribution is -0.123. The first kappa shape index (κ1) is 26.0. The Morgan fingerprint density at radius 3 is 2.34 bits per heavy atom. The minimum atomic E-state index is -1.12. The van der Waals surface area contributed by atoms with Gasteiger partial charge < -0.3 is 21.5 Å². The van der Waals surface area contributed by atoms with E-state index in [9.17, 15) is 14.4 Å². The van der Waals surface area contributed by atoms with Gasteiger partial charge in [0, 0.05) is 22.3 Å². The molecule has 1 atom stereocenters. The third kappa shape index (κ3) is 5.90. The highest BCUT2D eigenvalue weighted by molar-refractivity contribution is 7.09. The number of nitrogens with zero attached hydrogens (tertiary/aromatic N) is 2. The number of carbonyl (C=O) groups is 3. The molecule has 11 heteroatoms. The van der Waals surface area contributed by atoms with Crippen molar-refractivity contribution >= 4 is 52.2 Å². The molecule has 0 spiro atoms. The Labute approximate surface area is 212 Å². The Morgan fingerprint density at radius 1 is 1.14 bits per heavy atom. The molecule has 3 amide bonds. The quantitative estimate of drug-likeness (QED) is 0.437. The molecule has 0 aliphatic heterocycles. The molecule has 3 aromatic rings. The average Bonchev–Trinajstić information content (AvgIpc) is 3.18. The van der Waals surface area contributed by atoms with Crippen molar-refractivity contribution in [2.24, 2.45) is 5.73 Å². The summed E-state index contributed by atoms with van der Waals surface area (Å²) in [4.78, 5) is 40.6. The Balaban J connectivity index is 2.25. The van der Waals surface area contributed by atoms with Crippen molar-refractivity contribution in [3.63, 3.8) is 0 Å². The number of primary amides is 1.